The third-order valence-corrected chi connectivity index (χ3v) is 5.65. The molecule has 0 spiro atoms. The number of hydrogen-bond acceptors (Lipinski definition) is 1. The van der Waals surface area contributed by atoms with Crippen LogP contribution < -0.4 is 11.1 Å². The molecule has 0 radical (unpaired) electrons. The predicted molar refractivity (Wildman–Crippen MR) is 84.6 cm³/mol. The van der Waals surface area contributed by atoms with E-state index in [0.29, 0.717) is 22.7 Å². The van der Waals surface area contributed by atoms with Crippen LogP contribution in [0.25, 0.3) is 0 Å². The van der Waals surface area contributed by atoms with Crippen LogP contribution in [0.15, 0.2) is 4.99 Å². The molecule has 4 rings (SSSR count). The third-order valence-electron chi connectivity index (χ3n) is 5.65. The summed E-state index contributed by atoms with van der Waals surface area (Å²) in [6.07, 6.45) is 8.12. The number of hydrogen-bond donors (Lipinski definition) is 2. The molecule has 4 aliphatic carbocycles. The number of rotatable bonds is 3. The number of nitrogens with zero attached hydrogens (tertiary/aromatic N) is 1. The van der Waals surface area contributed by atoms with Gasteiger partial charge in [-0.2, -0.15) is 0 Å². The first-order chi connectivity index (χ1) is 9.22. The molecule has 114 valence electrons. The zero-order valence-electron chi connectivity index (χ0n) is 13.6. The molecule has 4 bridgehead atoms. The topological polar surface area (TPSA) is 50.4 Å². The second-order valence-corrected chi connectivity index (χ2v) is 9.16. The fourth-order valence-corrected chi connectivity index (χ4v) is 6.18. The minimum Gasteiger partial charge on any atom is -0.370 e. The summed E-state index contributed by atoms with van der Waals surface area (Å²) in [5, 5.41) is 3.66. The average molecular weight is 277 g/mol. The highest BCUT2D eigenvalue weighted by atomic mass is 15.2. The second kappa shape index (κ2) is 4.38. The van der Waals surface area contributed by atoms with E-state index < -0.39 is 0 Å². The molecule has 0 aliphatic heterocycles. The van der Waals surface area contributed by atoms with E-state index >= 15 is 0 Å². The SMILES string of the molecule is CC(C)CN=C(N)NC12CC3CC(C)(CC(C)(C3)C1)C2. The van der Waals surface area contributed by atoms with Crippen LogP contribution in [-0.2, 0) is 0 Å². The summed E-state index contributed by atoms with van der Waals surface area (Å²) in [6, 6.07) is 0. The number of nitrogens with two attached hydrogens (primary N) is 1. The largest absolute Gasteiger partial charge is 0.370 e. The van der Waals surface area contributed by atoms with Crippen LogP contribution in [0.4, 0.5) is 0 Å². The van der Waals surface area contributed by atoms with Crippen LogP contribution in [0, 0.1) is 22.7 Å². The summed E-state index contributed by atoms with van der Waals surface area (Å²) < 4.78 is 0. The van der Waals surface area contributed by atoms with Gasteiger partial charge >= 0.3 is 0 Å². The Morgan fingerprint density at radius 2 is 1.75 bits per heavy atom. The molecular weight excluding hydrogens is 246 g/mol. The van der Waals surface area contributed by atoms with E-state index in [4.69, 9.17) is 5.73 Å². The van der Waals surface area contributed by atoms with Gasteiger partial charge in [0.15, 0.2) is 5.96 Å². The van der Waals surface area contributed by atoms with Gasteiger partial charge in [0, 0.05) is 12.1 Å². The highest BCUT2D eigenvalue weighted by molar-refractivity contribution is 5.78. The zero-order chi connectivity index (χ0) is 14.6. The monoisotopic (exact) mass is 277 g/mol. The molecule has 4 saturated carbocycles. The van der Waals surface area contributed by atoms with Gasteiger partial charge in [0.2, 0.25) is 0 Å². The lowest BCUT2D eigenvalue weighted by Crippen LogP contribution is -2.66. The first kappa shape index (κ1) is 14.2. The Balaban J connectivity index is 1.77. The molecule has 3 heteroatoms. The highest BCUT2D eigenvalue weighted by Gasteiger charge is 2.60. The van der Waals surface area contributed by atoms with Crippen LogP contribution in [0.1, 0.15) is 66.2 Å². The Bertz CT molecular complexity index is 408. The molecule has 3 nitrogen and oxygen atoms in total. The normalized spacial score (nSPS) is 47.0. The quantitative estimate of drug-likeness (QED) is 0.614. The summed E-state index contributed by atoms with van der Waals surface area (Å²) in [5.41, 5.74) is 7.45. The van der Waals surface area contributed by atoms with Crippen molar-refractivity contribution in [2.45, 2.75) is 71.8 Å². The lowest BCUT2D eigenvalue weighted by atomic mass is 9.43. The van der Waals surface area contributed by atoms with E-state index in [-0.39, 0.29) is 5.54 Å². The van der Waals surface area contributed by atoms with Crippen LogP contribution in [0.2, 0.25) is 0 Å². The average Bonchev–Trinajstić information content (AvgIpc) is 2.20. The molecule has 3 N–H and O–H groups in total. The van der Waals surface area contributed by atoms with Gasteiger partial charge in [-0.1, -0.05) is 27.7 Å². The second-order valence-electron chi connectivity index (χ2n) is 9.16. The van der Waals surface area contributed by atoms with Crippen molar-refractivity contribution in [3.05, 3.63) is 0 Å². The Morgan fingerprint density at radius 3 is 2.25 bits per heavy atom. The minimum absolute atomic E-state index is 0.230. The Labute approximate surface area is 123 Å². The molecular formula is C17H31N3. The Hall–Kier alpha value is -0.730. The van der Waals surface area contributed by atoms with Crippen LogP contribution in [0.3, 0.4) is 0 Å². The van der Waals surface area contributed by atoms with Gasteiger partial charge in [-0.15, -0.1) is 0 Å². The van der Waals surface area contributed by atoms with Gasteiger partial charge in [-0.3, -0.25) is 4.99 Å². The van der Waals surface area contributed by atoms with Gasteiger partial charge in [-0.05, 0) is 61.2 Å². The summed E-state index contributed by atoms with van der Waals surface area (Å²) in [5.74, 6) is 2.14. The number of guanidine groups is 1. The van der Waals surface area contributed by atoms with Crippen molar-refractivity contribution in [3.8, 4) is 0 Å². The van der Waals surface area contributed by atoms with E-state index in [9.17, 15) is 0 Å². The molecule has 0 aromatic carbocycles. The molecule has 20 heavy (non-hydrogen) atoms. The van der Waals surface area contributed by atoms with Crippen molar-refractivity contribution >= 4 is 5.96 Å². The van der Waals surface area contributed by atoms with Gasteiger partial charge in [0.1, 0.15) is 0 Å². The first-order valence-corrected chi connectivity index (χ1v) is 8.30. The summed E-state index contributed by atoms with van der Waals surface area (Å²) in [6.45, 7) is 10.2. The number of aliphatic imine (C=N–C) groups is 1. The van der Waals surface area contributed by atoms with E-state index in [2.05, 4.69) is 38.0 Å². The molecule has 2 atom stereocenters. The van der Waals surface area contributed by atoms with Crippen molar-refractivity contribution in [1.82, 2.24) is 5.32 Å². The minimum atomic E-state index is 0.230. The molecule has 0 heterocycles. The van der Waals surface area contributed by atoms with Crippen LogP contribution >= 0.6 is 0 Å². The lowest BCUT2D eigenvalue weighted by Gasteiger charge is -2.65. The fourth-order valence-electron chi connectivity index (χ4n) is 6.18. The third kappa shape index (κ3) is 2.56. The van der Waals surface area contributed by atoms with Crippen molar-refractivity contribution in [3.63, 3.8) is 0 Å². The van der Waals surface area contributed by atoms with Crippen molar-refractivity contribution in [1.29, 1.82) is 0 Å². The summed E-state index contributed by atoms with van der Waals surface area (Å²) in [7, 11) is 0. The van der Waals surface area contributed by atoms with Gasteiger partial charge in [0.25, 0.3) is 0 Å². The number of nitrogens with one attached hydrogen (secondary N) is 1. The molecule has 0 amide bonds. The lowest BCUT2D eigenvalue weighted by molar-refractivity contribution is -0.112. The van der Waals surface area contributed by atoms with Crippen molar-refractivity contribution < 1.29 is 0 Å². The van der Waals surface area contributed by atoms with E-state index in [1.807, 2.05) is 0 Å². The maximum Gasteiger partial charge on any atom is 0.189 e. The molecule has 0 aromatic rings. The van der Waals surface area contributed by atoms with Crippen LogP contribution in [-0.4, -0.2) is 18.0 Å². The standard InChI is InChI=1S/C17H31N3/c1-12(2)8-19-14(18)20-17-7-13-5-15(3,10-17)9-16(4,6-13)11-17/h12-13H,5-11H2,1-4H3,(H3,18,19,20). The van der Waals surface area contributed by atoms with Gasteiger partial charge in [0.05, 0.1) is 0 Å². The summed E-state index contributed by atoms with van der Waals surface area (Å²) >= 11 is 0. The maximum absolute atomic E-state index is 6.17. The van der Waals surface area contributed by atoms with E-state index in [1.54, 1.807) is 0 Å². The van der Waals surface area contributed by atoms with E-state index in [0.717, 1.165) is 12.5 Å². The smallest absolute Gasteiger partial charge is 0.189 e. The Kier molecular flexibility index (Phi) is 3.11. The highest BCUT2D eigenvalue weighted by Crippen LogP contribution is 2.66. The molecule has 4 aliphatic rings. The molecule has 0 saturated heterocycles. The summed E-state index contributed by atoms with van der Waals surface area (Å²) in [4.78, 5) is 4.53. The molecule has 0 aromatic heterocycles. The molecule has 2 unspecified atom stereocenters. The fraction of sp³-hybridized carbons (Fsp3) is 0.941. The predicted octanol–water partition coefficient (Wildman–Crippen LogP) is 3.30. The maximum atomic E-state index is 6.17. The van der Waals surface area contributed by atoms with Crippen LogP contribution in [0.5, 0.6) is 0 Å². The van der Waals surface area contributed by atoms with Crippen molar-refractivity contribution in [2.75, 3.05) is 6.54 Å². The molecule has 4 fully saturated rings. The van der Waals surface area contributed by atoms with Gasteiger partial charge in [-0.25, -0.2) is 0 Å². The van der Waals surface area contributed by atoms with Gasteiger partial charge < -0.3 is 11.1 Å². The van der Waals surface area contributed by atoms with E-state index in [1.165, 1.54) is 38.5 Å². The Morgan fingerprint density at radius 1 is 1.15 bits per heavy atom. The van der Waals surface area contributed by atoms with Crippen molar-refractivity contribution in [2.24, 2.45) is 33.4 Å². The first-order valence-electron chi connectivity index (χ1n) is 8.30. The zero-order valence-corrected chi connectivity index (χ0v) is 13.6.